The molecule has 1 unspecified atom stereocenters. The molecule has 0 aliphatic carbocycles. The number of aliphatic hydroxyl groups excluding tert-OH is 1. The molecular weight excluding hydrogens is 379 g/mol. The van der Waals surface area contributed by atoms with Crippen molar-refractivity contribution in [2.45, 2.75) is 24.2 Å². The number of rotatable bonds is 6. The predicted octanol–water partition coefficient (Wildman–Crippen LogP) is 4.41. The van der Waals surface area contributed by atoms with Crippen molar-refractivity contribution in [3.63, 3.8) is 0 Å². The highest BCUT2D eigenvalue weighted by atomic mass is 19.4. The molecule has 150 valence electrons. The number of benzene rings is 3. The Morgan fingerprint density at radius 2 is 1.10 bits per heavy atom. The minimum Gasteiger partial charge on any atom is -0.374 e. The van der Waals surface area contributed by atoms with Gasteiger partial charge in [-0.15, -0.1) is 0 Å². The lowest BCUT2D eigenvalue weighted by Gasteiger charge is -2.37. The van der Waals surface area contributed by atoms with Gasteiger partial charge in [0.2, 0.25) is 0 Å². The molecule has 0 aliphatic rings. The highest BCUT2D eigenvalue weighted by Crippen LogP contribution is 2.42. The van der Waals surface area contributed by atoms with Crippen LogP contribution in [0.3, 0.4) is 0 Å². The molecule has 0 spiro atoms. The van der Waals surface area contributed by atoms with Gasteiger partial charge in [0.05, 0.1) is 0 Å². The van der Waals surface area contributed by atoms with E-state index in [-0.39, 0.29) is 6.42 Å². The van der Waals surface area contributed by atoms with Crippen LogP contribution in [0.1, 0.15) is 23.1 Å². The van der Waals surface area contributed by atoms with Crippen molar-refractivity contribution in [3.8, 4) is 0 Å². The smallest absolute Gasteiger partial charge is 0.374 e. The number of nitrogens with one attached hydrogen (secondary N) is 1. The summed E-state index contributed by atoms with van der Waals surface area (Å²) in [5, 5.41) is 12.1. The van der Waals surface area contributed by atoms with Crippen LogP contribution in [-0.2, 0) is 10.2 Å². The fraction of sp³-hybridized carbons (Fsp3) is 0.174. The van der Waals surface area contributed by atoms with E-state index in [1.54, 1.807) is 5.32 Å². The van der Waals surface area contributed by atoms with E-state index < -0.39 is 23.7 Å². The Balaban J connectivity index is 2.14. The van der Waals surface area contributed by atoms with Crippen LogP contribution in [0.2, 0.25) is 0 Å². The average Bonchev–Trinajstić information content (AvgIpc) is 2.73. The zero-order valence-corrected chi connectivity index (χ0v) is 15.4. The van der Waals surface area contributed by atoms with Gasteiger partial charge in [-0.3, -0.25) is 4.79 Å². The number of carbonyl (C=O) groups is 1. The highest BCUT2D eigenvalue weighted by Gasteiger charge is 2.43. The van der Waals surface area contributed by atoms with Crippen molar-refractivity contribution in [1.82, 2.24) is 5.32 Å². The minimum atomic E-state index is -5.07. The summed E-state index contributed by atoms with van der Waals surface area (Å²) in [6.45, 7) is 0. The molecule has 1 atom stereocenters. The standard InChI is InChI=1S/C23H20F3NO2/c24-23(25,26)21(29)27-20(28)16-22(17-10-4-1-5-11-17,18-12-6-2-7-13-18)19-14-8-3-9-15-19/h1-15,20,28H,16H2,(H,27,29). The van der Waals surface area contributed by atoms with Gasteiger partial charge in [-0.25, -0.2) is 0 Å². The first-order chi connectivity index (χ1) is 13.8. The number of aliphatic hydroxyl groups is 1. The van der Waals surface area contributed by atoms with Crippen LogP contribution >= 0.6 is 0 Å². The molecule has 0 bridgehead atoms. The molecule has 3 aromatic rings. The van der Waals surface area contributed by atoms with E-state index in [2.05, 4.69) is 0 Å². The van der Waals surface area contributed by atoms with Crippen molar-refractivity contribution in [3.05, 3.63) is 108 Å². The lowest BCUT2D eigenvalue weighted by molar-refractivity contribution is -0.176. The maximum Gasteiger partial charge on any atom is 0.471 e. The number of carbonyl (C=O) groups excluding carboxylic acids is 1. The molecular formula is C23H20F3NO2. The molecule has 29 heavy (non-hydrogen) atoms. The van der Waals surface area contributed by atoms with Gasteiger partial charge in [-0.05, 0) is 16.7 Å². The molecule has 3 rings (SSSR count). The monoisotopic (exact) mass is 399 g/mol. The van der Waals surface area contributed by atoms with Gasteiger partial charge in [0, 0.05) is 11.8 Å². The number of amides is 1. The quantitative estimate of drug-likeness (QED) is 0.477. The maximum absolute atomic E-state index is 12.7. The summed E-state index contributed by atoms with van der Waals surface area (Å²) in [7, 11) is 0. The summed E-state index contributed by atoms with van der Waals surface area (Å²) in [5.41, 5.74) is 1.40. The van der Waals surface area contributed by atoms with Gasteiger partial charge in [0.25, 0.3) is 0 Å². The highest BCUT2D eigenvalue weighted by molar-refractivity contribution is 5.81. The predicted molar refractivity (Wildman–Crippen MR) is 104 cm³/mol. The van der Waals surface area contributed by atoms with E-state index in [9.17, 15) is 23.1 Å². The van der Waals surface area contributed by atoms with Gasteiger partial charge in [0.15, 0.2) is 0 Å². The Morgan fingerprint density at radius 1 is 0.759 bits per heavy atom. The topological polar surface area (TPSA) is 49.3 Å². The zero-order valence-electron chi connectivity index (χ0n) is 15.4. The van der Waals surface area contributed by atoms with Gasteiger partial charge in [0.1, 0.15) is 6.23 Å². The normalized spacial score (nSPS) is 13.0. The maximum atomic E-state index is 12.7. The van der Waals surface area contributed by atoms with Crippen molar-refractivity contribution in [1.29, 1.82) is 0 Å². The number of halogens is 3. The minimum absolute atomic E-state index is 0.174. The fourth-order valence-corrected chi connectivity index (χ4v) is 3.60. The SMILES string of the molecule is O=C(NC(O)CC(c1ccccc1)(c1ccccc1)c1ccccc1)C(F)(F)F. The van der Waals surface area contributed by atoms with Gasteiger partial charge < -0.3 is 10.4 Å². The van der Waals surface area contributed by atoms with Crippen molar-refractivity contribution < 1.29 is 23.1 Å². The first-order valence-corrected chi connectivity index (χ1v) is 9.06. The van der Waals surface area contributed by atoms with Gasteiger partial charge in [-0.2, -0.15) is 13.2 Å². The Morgan fingerprint density at radius 3 is 1.41 bits per heavy atom. The lowest BCUT2D eigenvalue weighted by atomic mass is 9.67. The molecule has 6 heteroatoms. The number of hydrogen-bond donors (Lipinski definition) is 2. The second-order valence-electron chi connectivity index (χ2n) is 6.69. The van der Waals surface area contributed by atoms with Gasteiger partial charge >= 0.3 is 12.1 Å². The molecule has 1 amide bonds. The van der Waals surface area contributed by atoms with Crippen LogP contribution in [0.5, 0.6) is 0 Å². The van der Waals surface area contributed by atoms with E-state index in [4.69, 9.17) is 0 Å². The molecule has 0 saturated heterocycles. The third-order valence-electron chi connectivity index (χ3n) is 4.85. The first-order valence-electron chi connectivity index (χ1n) is 9.06. The average molecular weight is 399 g/mol. The third kappa shape index (κ3) is 4.49. The summed E-state index contributed by atoms with van der Waals surface area (Å²) in [6.07, 6.45) is -6.97. The van der Waals surface area contributed by atoms with Crippen LogP contribution in [0.15, 0.2) is 91.0 Å². The Labute approximate surface area is 166 Å². The van der Waals surface area contributed by atoms with E-state index in [1.807, 2.05) is 91.0 Å². The molecule has 0 radical (unpaired) electrons. The number of alkyl halides is 3. The molecule has 0 aromatic heterocycles. The van der Waals surface area contributed by atoms with Crippen LogP contribution in [0.4, 0.5) is 13.2 Å². The molecule has 0 aliphatic heterocycles. The van der Waals surface area contributed by atoms with E-state index in [0.717, 1.165) is 16.7 Å². The largest absolute Gasteiger partial charge is 0.471 e. The van der Waals surface area contributed by atoms with Crippen molar-refractivity contribution in [2.24, 2.45) is 0 Å². The Kier molecular flexibility index (Phi) is 6.03. The Bertz CT molecular complexity index is 832. The van der Waals surface area contributed by atoms with Gasteiger partial charge in [-0.1, -0.05) is 91.0 Å². The summed E-state index contributed by atoms with van der Waals surface area (Å²) < 4.78 is 38.1. The van der Waals surface area contributed by atoms with E-state index in [0.29, 0.717) is 0 Å². The van der Waals surface area contributed by atoms with Crippen LogP contribution < -0.4 is 5.32 Å². The van der Waals surface area contributed by atoms with Crippen LogP contribution in [-0.4, -0.2) is 23.4 Å². The first kappa shape index (κ1) is 20.6. The summed E-state index contributed by atoms with van der Waals surface area (Å²) in [5.74, 6) is -2.17. The zero-order chi connectivity index (χ0) is 20.9. The second-order valence-corrected chi connectivity index (χ2v) is 6.69. The molecule has 3 aromatic carbocycles. The second kappa shape index (κ2) is 8.49. The third-order valence-corrected chi connectivity index (χ3v) is 4.85. The molecule has 0 fully saturated rings. The van der Waals surface area contributed by atoms with E-state index in [1.165, 1.54) is 0 Å². The lowest BCUT2D eigenvalue weighted by Crippen LogP contribution is -2.46. The molecule has 0 heterocycles. The van der Waals surface area contributed by atoms with Crippen LogP contribution in [0, 0.1) is 0 Å². The van der Waals surface area contributed by atoms with E-state index >= 15 is 0 Å². The summed E-state index contributed by atoms with van der Waals surface area (Å²) in [6, 6.07) is 27.7. The van der Waals surface area contributed by atoms with Crippen molar-refractivity contribution in [2.75, 3.05) is 0 Å². The molecule has 3 nitrogen and oxygen atoms in total. The van der Waals surface area contributed by atoms with Crippen molar-refractivity contribution >= 4 is 5.91 Å². The molecule has 0 saturated carbocycles. The summed E-state index contributed by atoms with van der Waals surface area (Å²) in [4.78, 5) is 11.4. The summed E-state index contributed by atoms with van der Waals surface area (Å²) >= 11 is 0. The number of hydrogen-bond acceptors (Lipinski definition) is 2. The molecule has 2 N–H and O–H groups in total. The van der Waals surface area contributed by atoms with Crippen LogP contribution in [0.25, 0.3) is 0 Å². The Hall–Kier alpha value is -3.12. The fourth-order valence-electron chi connectivity index (χ4n) is 3.60.